The second-order valence-corrected chi connectivity index (χ2v) is 11.8. The van der Waals surface area contributed by atoms with Crippen molar-refractivity contribution in [2.75, 3.05) is 6.54 Å². The van der Waals surface area contributed by atoms with E-state index < -0.39 is 11.6 Å². The van der Waals surface area contributed by atoms with Crippen LogP contribution >= 0.6 is 22.7 Å². The normalized spacial score (nSPS) is 25.2. The highest BCUT2D eigenvalue weighted by molar-refractivity contribution is 7.16. The molecule has 2 N–H and O–H groups in total. The molecule has 2 aromatic rings. The molecule has 0 aromatic carbocycles. The van der Waals surface area contributed by atoms with Crippen molar-refractivity contribution in [1.82, 2.24) is 20.5 Å². The second kappa shape index (κ2) is 8.02. The summed E-state index contributed by atoms with van der Waals surface area (Å²) in [5.41, 5.74) is 0.0256. The molecule has 2 atom stereocenters. The van der Waals surface area contributed by atoms with Crippen LogP contribution in [0.25, 0.3) is 10.6 Å². The standard InChI is InChI=1S/C22H28N4O3S2/c1-13-7-21(3,4)12-22(8-13)19(28)26(20(29)25-22)10-18(27)23-9-15-5-6-17(31-15)16-11-30-14(2)24-16/h5-6,11,13H,7-10,12H2,1-4H3,(H,23,27)(H,25,29)/t13-,22+/m1/s1. The van der Waals surface area contributed by atoms with Gasteiger partial charge in [0, 0.05) is 10.3 Å². The van der Waals surface area contributed by atoms with Gasteiger partial charge in [-0.3, -0.25) is 14.5 Å². The van der Waals surface area contributed by atoms with Crippen molar-refractivity contribution in [2.45, 2.75) is 59.0 Å². The summed E-state index contributed by atoms with van der Waals surface area (Å²) in [6.07, 6.45) is 2.23. The molecule has 0 unspecified atom stereocenters. The summed E-state index contributed by atoms with van der Waals surface area (Å²) in [7, 11) is 0. The minimum absolute atomic E-state index is 0.0361. The van der Waals surface area contributed by atoms with Crippen LogP contribution in [0.15, 0.2) is 17.5 Å². The van der Waals surface area contributed by atoms with Gasteiger partial charge in [0.2, 0.25) is 5.91 Å². The summed E-state index contributed by atoms with van der Waals surface area (Å²) in [6.45, 7) is 8.43. The molecule has 166 valence electrons. The second-order valence-electron chi connectivity index (χ2n) is 9.55. The first-order chi connectivity index (χ1) is 14.6. The number of hydrogen-bond acceptors (Lipinski definition) is 6. The highest BCUT2D eigenvalue weighted by atomic mass is 32.1. The van der Waals surface area contributed by atoms with E-state index in [1.807, 2.05) is 24.4 Å². The summed E-state index contributed by atoms with van der Waals surface area (Å²) in [5.74, 6) is -0.288. The lowest BCUT2D eigenvalue weighted by Crippen LogP contribution is -2.54. The van der Waals surface area contributed by atoms with E-state index in [-0.39, 0.29) is 23.8 Å². The third kappa shape index (κ3) is 4.52. The van der Waals surface area contributed by atoms with Gasteiger partial charge in [-0.25, -0.2) is 9.78 Å². The highest BCUT2D eigenvalue weighted by Crippen LogP contribution is 2.46. The minimum atomic E-state index is -0.882. The topological polar surface area (TPSA) is 91.4 Å². The highest BCUT2D eigenvalue weighted by Gasteiger charge is 2.56. The van der Waals surface area contributed by atoms with Crippen LogP contribution < -0.4 is 10.6 Å². The fourth-order valence-electron chi connectivity index (χ4n) is 5.12. The molecule has 1 saturated carbocycles. The van der Waals surface area contributed by atoms with E-state index in [4.69, 9.17) is 0 Å². The number of thiophene rings is 1. The van der Waals surface area contributed by atoms with E-state index in [0.29, 0.717) is 25.3 Å². The first kappa shape index (κ1) is 22.0. The number of thiazole rings is 1. The Balaban J connectivity index is 1.36. The molecule has 3 heterocycles. The van der Waals surface area contributed by atoms with Crippen LogP contribution in [0.3, 0.4) is 0 Å². The van der Waals surface area contributed by atoms with E-state index in [1.54, 1.807) is 22.7 Å². The van der Waals surface area contributed by atoms with Crippen molar-refractivity contribution in [3.63, 3.8) is 0 Å². The molecule has 4 rings (SSSR count). The van der Waals surface area contributed by atoms with Gasteiger partial charge in [-0.05, 0) is 49.7 Å². The monoisotopic (exact) mass is 460 g/mol. The van der Waals surface area contributed by atoms with Crippen molar-refractivity contribution < 1.29 is 14.4 Å². The van der Waals surface area contributed by atoms with Crippen molar-refractivity contribution in [3.8, 4) is 10.6 Å². The molecule has 1 saturated heterocycles. The molecule has 31 heavy (non-hydrogen) atoms. The number of aromatic nitrogens is 1. The number of imide groups is 1. The van der Waals surface area contributed by atoms with E-state index in [9.17, 15) is 14.4 Å². The zero-order valence-electron chi connectivity index (χ0n) is 18.3. The fourth-order valence-corrected chi connectivity index (χ4v) is 6.72. The maximum Gasteiger partial charge on any atom is 0.325 e. The van der Waals surface area contributed by atoms with Crippen LogP contribution in [0.2, 0.25) is 0 Å². The third-order valence-corrected chi connectivity index (χ3v) is 7.80. The Kier molecular flexibility index (Phi) is 5.68. The fraction of sp³-hybridized carbons (Fsp3) is 0.545. The van der Waals surface area contributed by atoms with Gasteiger partial charge in [0.15, 0.2) is 0 Å². The van der Waals surface area contributed by atoms with Crippen LogP contribution in [0.5, 0.6) is 0 Å². The van der Waals surface area contributed by atoms with E-state index in [1.165, 1.54) is 0 Å². The molecule has 0 radical (unpaired) electrons. The molecule has 2 aromatic heterocycles. The van der Waals surface area contributed by atoms with E-state index in [2.05, 4.69) is 36.4 Å². The predicted molar refractivity (Wildman–Crippen MR) is 122 cm³/mol. The van der Waals surface area contributed by atoms with Crippen LogP contribution in [0.4, 0.5) is 4.79 Å². The summed E-state index contributed by atoms with van der Waals surface area (Å²) in [4.78, 5) is 45.8. The van der Waals surface area contributed by atoms with Crippen LogP contribution in [0, 0.1) is 18.3 Å². The van der Waals surface area contributed by atoms with E-state index >= 15 is 0 Å². The number of aryl methyl sites for hydroxylation is 1. The molecule has 7 nitrogen and oxygen atoms in total. The Bertz CT molecular complexity index is 1030. The average molecular weight is 461 g/mol. The molecule has 1 aliphatic carbocycles. The Morgan fingerprint density at radius 3 is 2.77 bits per heavy atom. The van der Waals surface area contributed by atoms with Gasteiger partial charge in [-0.1, -0.05) is 20.8 Å². The van der Waals surface area contributed by atoms with Gasteiger partial charge in [-0.15, -0.1) is 22.7 Å². The maximum atomic E-state index is 13.2. The number of nitrogens with one attached hydrogen (secondary N) is 2. The molecule has 4 amide bonds. The Morgan fingerprint density at radius 1 is 1.32 bits per heavy atom. The number of urea groups is 1. The first-order valence-electron chi connectivity index (χ1n) is 10.5. The molecule has 1 aliphatic heterocycles. The molecule has 2 fully saturated rings. The number of nitrogens with zero attached hydrogens (tertiary/aromatic N) is 2. The first-order valence-corrected chi connectivity index (χ1v) is 12.2. The zero-order valence-corrected chi connectivity index (χ0v) is 19.9. The predicted octanol–water partition coefficient (Wildman–Crippen LogP) is 3.93. The Morgan fingerprint density at radius 2 is 2.10 bits per heavy atom. The average Bonchev–Trinajstić information content (AvgIpc) is 3.34. The molecule has 0 bridgehead atoms. The number of hydrogen-bond donors (Lipinski definition) is 2. The van der Waals surface area contributed by atoms with Crippen LogP contribution in [-0.2, 0) is 16.1 Å². The maximum absolute atomic E-state index is 13.2. The smallest absolute Gasteiger partial charge is 0.325 e. The largest absolute Gasteiger partial charge is 0.350 e. The van der Waals surface area contributed by atoms with Crippen molar-refractivity contribution in [2.24, 2.45) is 11.3 Å². The Labute approximate surface area is 190 Å². The molecule has 2 aliphatic rings. The minimum Gasteiger partial charge on any atom is -0.350 e. The number of rotatable bonds is 5. The summed E-state index contributed by atoms with van der Waals surface area (Å²) >= 11 is 3.18. The quantitative estimate of drug-likeness (QED) is 0.662. The third-order valence-electron chi connectivity index (χ3n) is 5.92. The number of carbonyl (C=O) groups excluding carboxylic acids is 3. The van der Waals surface area contributed by atoms with Gasteiger partial charge in [0.05, 0.1) is 22.1 Å². The Hall–Kier alpha value is -2.26. The van der Waals surface area contributed by atoms with Crippen molar-refractivity contribution in [1.29, 1.82) is 0 Å². The van der Waals surface area contributed by atoms with E-state index in [0.717, 1.165) is 31.8 Å². The lowest BCUT2D eigenvalue weighted by Gasteiger charge is -2.43. The number of amides is 4. The van der Waals surface area contributed by atoms with Crippen LogP contribution in [0.1, 0.15) is 49.9 Å². The molecule has 9 heteroatoms. The number of carbonyl (C=O) groups is 3. The van der Waals surface area contributed by atoms with Gasteiger partial charge in [0.1, 0.15) is 12.1 Å². The van der Waals surface area contributed by atoms with Gasteiger partial charge < -0.3 is 10.6 Å². The molecular formula is C22H28N4O3S2. The summed E-state index contributed by atoms with van der Waals surface area (Å²) in [6, 6.07) is 3.49. The molecule has 1 spiro atoms. The summed E-state index contributed by atoms with van der Waals surface area (Å²) < 4.78 is 0. The van der Waals surface area contributed by atoms with Gasteiger partial charge in [0.25, 0.3) is 5.91 Å². The lowest BCUT2D eigenvalue weighted by atomic mass is 9.64. The molecular weight excluding hydrogens is 432 g/mol. The zero-order chi connectivity index (χ0) is 22.4. The summed E-state index contributed by atoms with van der Waals surface area (Å²) in [5, 5.41) is 8.78. The van der Waals surface area contributed by atoms with Crippen molar-refractivity contribution in [3.05, 3.63) is 27.4 Å². The van der Waals surface area contributed by atoms with Crippen molar-refractivity contribution >= 4 is 40.5 Å². The van der Waals surface area contributed by atoms with Gasteiger partial charge in [-0.2, -0.15) is 0 Å². The van der Waals surface area contributed by atoms with Gasteiger partial charge >= 0.3 is 6.03 Å². The van der Waals surface area contributed by atoms with Crippen LogP contribution in [-0.4, -0.2) is 39.8 Å². The lowest BCUT2D eigenvalue weighted by molar-refractivity contribution is -0.137. The SMILES string of the molecule is Cc1nc(-c2ccc(CNC(=O)CN3C(=O)N[C@]4(C[C@H](C)CC(C)(C)C4)C3=O)s2)cs1.